The standard InChI is InChI=1S/C38H32BrN3O5S/c1-46-30-18-21-32(34(24-30)47-2)41-38(45)35(26-11-5-3-6-12-26)48-31-19-16-29(17-20-31)40-37(44)33(23-25-10-9-15-28(39)22-25)42-36(43)27-13-7-4-8-14-27/h3-24,35H,1-2H3,(H,40,44)(H,41,45)(H,42,43)/b33-23-. The molecular formula is C38H32BrN3O5S. The molecule has 0 spiro atoms. The topological polar surface area (TPSA) is 106 Å². The zero-order valence-electron chi connectivity index (χ0n) is 26.1. The minimum absolute atomic E-state index is 0.0789. The number of benzene rings is 5. The van der Waals surface area contributed by atoms with Gasteiger partial charge in [-0.2, -0.15) is 0 Å². The first-order valence-electron chi connectivity index (χ1n) is 14.8. The molecule has 8 nitrogen and oxygen atoms in total. The molecule has 0 aliphatic rings. The van der Waals surface area contributed by atoms with Crippen LogP contribution in [0.15, 0.2) is 142 Å². The lowest BCUT2D eigenvalue weighted by Gasteiger charge is -2.19. The Balaban J connectivity index is 1.33. The summed E-state index contributed by atoms with van der Waals surface area (Å²) in [5.41, 5.74) is 3.09. The first-order chi connectivity index (χ1) is 23.3. The van der Waals surface area contributed by atoms with E-state index in [1.807, 2.05) is 72.8 Å². The zero-order chi connectivity index (χ0) is 33.9. The first kappa shape index (κ1) is 34.0. The summed E-state index contributed by atoms with van der Waals surface area (Å²) in [6, 6.07) is 37.9. The molecule has 10 heteroatoms. The Kier molecular flexibility index (Phi) is 11.7. The average Bonchev–Trinajstić information content (AvgIpc) is 3.11. The van der Waals surface area contributed by atoms with Gasteiger partial charge in [0.2, 0.25) is 5.91 Å². The smallest absolute Gasteiger partial charge is 0.272 e. The highest BCUT2D eigenvalue weighted by atomic mass is 79.9. The predicted molar refractivity (Wildman–Crippen MR) is 194 cm³/mol. The van der Waals surface area contributed by atoms with Crippen molar-refractivity contribution in [2.75, 3.05) is 24.9 Å². The second-order valence-corrected chi connectivity index (χ2v) is 12.5. The fourth-order valence-electron chi connectivity index (χ4n) is 4.66. The van der Waals surface area contributed by atoms with Crippen molar-refractivity contribution in [1.29, 1.82) is 0 Å². The molecule has 242 valence electrons. The highest BCUT2D eigenvalue weighted by Gasteiger charge is 2.24. The highest BCUT2D eigenvalue weighted by molar-refractivity contribution is 9.10. The van der Waals surface area contributed by atoms with Crippen molar-refractivity contribution in [2.45, 2.75) is 10.1 Å². The van der Waals surface area contributed by atoms with Crippen LogP contribution in [0.25, 0.3) is 6.08 Å². The average molecular weight is 723 g/mol. The molecule has 0 heterocycles. The number of ether oxygens (including phenoxy) is 2. The number of nitrogens with one attached hydrogen (secondary N) is 3. The molecule has 0 fully saturated rings. The number of anilines is 2. The maximum Gasteiger partial charge on any atom is 0.272 e. The molecular weight excluding hydrogens is 690 g/mol. The van der Waals surface area contributed by atoms with Crippen molar-refractivity contribution in [3.8, 4) is 11.5 Å². The predicted octanol–water partition coefficient (Wildman–Crippen LogP) is 8.35. The summed E-state index contributed by atoms with van der Waals surface area (Å²) >= 11 is 4.82. The van der Waals surface area contributed by atoms with Gasteiger partial charge in [-0.25, -0.2) is 0 Å². The van der Waals surface area contributed by atoms with Crippen LogP contribution in [0.4, 0.5) is 11.4 Å². The van der Waals surface area contributed by atoms with Gasteiger partial charge in [-0.05, 0) is 77.9 Å². The Morgan fingerprint density at radius 3 is 2.12 bits per heavy atom. The van der Waals surface area contributed by atoms with Crippen molar-refractivity contribution in [3.05, 3.63) is 154 Å². The van der Waals surface area contributed by atoms with Gasteiger partial charge < -0.3 is 25.4 Å². The molecule has 0 bridgehead atoms. The van der Waals surface area contributed by atoms with Crippen LogP contribution < -0.4 is 25.4 Å². The van der Waals surface area contributed by atoms with E-state index < -0.39 is 17.1 Å². The van der Waals surface area contributed by atoms with E-state index in [4.69, 9.17) is 9.47 Å². The van der Waals surface area contributed by atoms with Gasteiger partial charge in [0.05, 0.1) is 19.9 Å². The van der Waals surface area contributed by atoms with Gasteiger partial charge in [0, 0.05) is 26.7 Å². The molecule has 1 unspecified atom stereocenters. The van der Waals surface area contributed by atoms with Crippen LogP contribution in [0.5, 0.6) is 11.5 Å². The number of hydrogen-bond acceptors (Lipinski definition) is 6. The van der Waals surface area contributed by atoms with Gasteiger partial charge in [0.25, 0.3) is 11.8 Å². The molecule has 48 heavy (non-hydrogen) atoms. The first-order valence-corrected chi connectivity index (χ1v) is 16.5. The van der Waals surface area contributed by atoms with Crippen LogP contribution in [0.1, 0.15) is 26.7 Å². The lowest BCUT2D eigenvalue weighted by Crippen LogP contribution is -2.30. The Labute approximate surface area is 291 Å². The third-order valence-corrected chi connectivity index (χ3v) is 8.82. The Hall–Kier alpha value is -5.32. The number of methoxy groups -OCH3 is 2. The van der Waals surface area contributed by atoms with E-state index in [0.717, 1.165) is 20.5 Å². The Bertz CT molecular complexity index is 1920. The van der Waals surface area contributed by atoms with Gasteiger partial charge in [0.15, 0.2) is 0 Å². The van der Waals surface area contributed by atoms with Crippen molar-refractivity contribution in [1.82, 2.24) is 5.32 Å². The molecule has 5 aromatic rings. The van der Waals surface area contributed by atoms with Crippen LogP contribution in [0.2, 0.25) is 0 Å². The van der Waals surface area contributed by atoms with E-state index in [1.54, 1.807) is 67.8 Å². The van der Waals surface area contributed by atoms with E-state index in [-0.39, 0.29) is 11.6 Å². The largest absolute Gasteiger partial charge is 0.497 e. The summed E-state index contributed by atoms with van der Waals surface area (Å²) < 4.78 is 11.6. The zero-order valence-corrected chi connectivity index (χ0v) is 28.5. The molecule has 5 rings (SSSR count). The van der Waals surface area contributed by atoms with Crippen molar-refractivity contribution >= 4 is 62.9 Å². The molecule has 0 aliphatic heterocycles. The fraction of sp³-hybridized carbons (Fsp3) is 0.0789. The maximum absolute atomic E-state index is 13.7. The van der Waals surface area contributed by atoms with Crippen molar-refractivity contribution in [2.24, 2.45) is 0 Å². The van der Waals surface area contributed by atoms with Crippen LogP contribution in [-0.2, 0) is 9.59 Å². The summed E-state index contributed by atoms with van der Waals surface area (Å²) in [4.78, 5) is 40.9. The van der Waals surface area contributed by atoms with Gasteiger partial charge >= 0.3 is 0 Å². The number of rotatable bonds is 12. The van der Waals surface area contributed by atoms with Crippen molar-refractivity contribution in [3.63, 3.8) is 0 Å². The quantitative estimate of drug-likeness (QED) is 0.0884. The second-order valence-electron chi connectivity index (χ2n) is 10.4. The van der Waals surface area contributed by atoms with E-state index in [9.17, 15) is 14.4 Å². The Morgan fingerprint density at radius 2 is 1.46 bits per heavy atom. The van der Waals surface area contributed by atoms with Gasteiger partial charge in [0.1, 0.15) is 22.4 Å². The van der Waals surface area contributed by atoms with Crippen molar-refractivity contribution < 1.29 is 23.9 Å². The fourth-order valence-corrected chi connectivity index (χ4v) is 6.10. The van der Waals surface area contributed by atoms with E-state index >= 15 is 0 Å². The minimum Gasteiger partial charge on any atom is -0.497 e. The van der Waals surface area contributed by atoms with Crippen LogP contribution in [0, 0.1) is 0 Å². The molecule has 3 N–H and O–H groups in total. The normalized spacial score (nSPS) is 11.6. The molecule has 3 amide bonds. The molecule has 0 saturated carbocycles. The van der Waals surface area contributed by atoms with E-state index in [1.165, 1.54) is 18.9 Å². The number of carbonyl (C=O) groups excluding carboxylic acids is 3. The summed E-state index contributed by atoms with van der Waals surface area (Å²) in [7, 11) is 3.10. The number of thioether (sulfide) groups is 1. The summed E-state index contributed by atoms with van der Waals surface area (Å²) in [6.45, 7) is 0. The number of halogens is 1. The minimum atomic E-state index is -0.591. The third-order valence-electron chi connectivity index (χ3n) is 7.06. The molecule has 0 aromatic heterocycles. The van der Waals surface area contributed by atoms with Crippen LogP contribution in [-0.4, -0.2) is 31.9 Å². The van der Waals surface area contributed by atoms with Gasteiger partial charge in [-0.15, -0.1) is 11.8 Å². The molecule has 1 atom stereocenters. The number of carbonyl (C=O) groups is 3. The number of amides is 3. The molecule has 0 radical (unpaired) electrons. The maximum atomic E-state index is 13.7. The molecule has 0 aliphatic carbocycles. The molecule has 5 aromatic carbocycles. The molecule has 0 saturated heterocycles. The Morgan fingerprint density at radius 1 is 0.750 bits per heavy atom. The lowest BCUT2D eigenvalue weighted by molar-refractivity contribution is -0.116. The summed E-state index contributed by atoms with van der Waals surface area (Å²) in [6.07, 6.45) is 1.62. The third kappa shape index (κ3) is 9.15. The SMILES string of the molecule is COc1ccc(NC(=O)C(Sc2ccc(NC(=O)/C(=C/c3cccc(Br)c3)NC(=O)c3ccccc3)cc2)c2ccccc2)c(OC)c1. The highest BCUT2D eigenvalue weighted by Crippen LogP contribution is 2.38. The summed E-state index contributed by atoms with van der Waals surface area (Å²) in [5.74, 6) is -0.0392. The summed E-state index contributed by atoms with van der Waals surface area (Å²) in [5, 5.41) is 8.03. The van der Waals surface area contributed by atoms with Crippen LogP contribution >= 0.6 is 27.7 Å². The van der Waals surface area contributed by atoms with Gasteiger partial charge in [-0.1, -0.05) is 76.6 Å². The lowest BCUT2D eigenvalue weighted by atomic mass is 10.1. The van der Waals surface area contributed by atoms with Crippen LogP contribution in [0.3, 0.4) is 0 Å². The second kappa shape index (κ2) is 16.5. The van der Waals surface area contributed by atoms with E-state index in [0.29, 0.717) is 28.4 Å². The number of hydrogen-bond donors (Lipinski definition) is 3. The van der Waals surface area contributed by atoms with E-state index in [2.05, 4.69) is 31.9 Å². The van der Waals surface area contributed by atoms with Gasteiger partial charge in [-0.3, -0.25) is 14.4 Å². The monoisotopic (exact) mass is 721 g/mol.